The quantitative estimate of drug-likeness (QED) is 0.662. The van der Waals surface area contributed by atoms with Crippen LogP contribution in [-0.4, -0.2) is 71.4 Å². The SMILES string of the molecule is COC1=CC=C(C)N2NC(CCc3nc(-c4cccs4)cn3CCN3CCOCC3)=NC12. The predicted molar refractivity (Wildman–Crippen MR) is 126 cm³/mol. The van der Waals surface area contributed by atoms with Crippen molar-refractivity contribution in [1.29, 1.82) is 0 Å². The lowest BCUT2D eigenvalue weighted by Gasteiger charge is -2.29. The first kappa shape index (κ1) is 21.2. The Hall–Kier alpha value is -2.62. The van der Waals surface area contributed by atoms with Crippen molar-refractivity contribution in [1.82, 2.24) is 24.9 Å². The highest BCUT2D eigenvalue weighted by molar-refractivity contribution is 7.13. The summed E-state index contributed by atoms with van der Waals surface area (Å²) >= 11 is 1.73. The largest absolute Gasteiger partial charge is 0.497 e. The number of hydrazine groups is 1. The Morgan fingerprint density at radius 3 is 2.88 bits per heavy atom. The summed E-state index contributed by atoms with van der Waals surface area (Å²) in [6.07, 6.45) is 7.75. The van der Waals surface area contributed by atoms with E-state index < -0.39 is 0 Å². The molecule has 8 nitrogen and oxygen atoms in total. The highest BCUT2D eigenvalue weighted by Gasteiger charge is 2.32. The lowest BCUT2D eigenvalue weighted by molar-refractivity contribution is 0.0363. The van der Waals surface area contributed by atoms with Crippen LogP contribution >= 0.6 is 11.3 Å². The Kier molecular flexibility index (Phi) is 6.29. The molecular formula is C23H30N6O2S. The molecule has 5 rings (SSSR count). The summed E-state index contributed by atoms with van der Waals surface area (Å²) in [7, 11) is 1.70. The van der Waals surface area contributed by atoms with E-state index in [2.05, 4.69) is 50.5 Å². The second-order valence-corrected chi connectivity index (χ2v) is 9.13. The monoisotopic (exact) mass is 454 g/mol. The molecule has 1 unspecified atom stereocenters. The van der Waals surface area contributed by atoms with E-state index in [0.29, 0.717) is 0 Å². The Morgan fingerprint density at radius 1 is 1.22 bits per heavy atom. The number of fused-ring (bicyclic) bond motifs is 1. The van der Waals surface area contributed by atoms with Crippen LogP contribution in [0.3, 0.4) is 0 Å². The van der Waals surface area contributed by atoms with Crippen LogP contribution in [-0.2, 0) is 22.4 Å². The molecule has 1 fully saturated rings. The number of amidine groups is 1. The number of hydrogen-bond acceptors (Lipinski definition) is 8. The molecule has 9 heteroatoms. The third-order valence-electron chi connectivity index (χ3n) is 6.11. The molecule has 170 valence electrons. The van der Waals surface area contributed by atoms with Crippen LogP contribution in [0.4, 0.5) is 0 Å². The van der Waals surface area contributed by atoms with Gasteiger partial charge in [-0.25, -0.2) is 9.98 Å². The number of thiophene rings is 1. The fourth-order valence-corrected chi connectivity index (χ4v) is 4.94. The van der Waals surface area contributed by atoms with E-state index in [4.69, 9.17) is 19.5 Å². The number of aryl methyl sites for hydroxylation is 1. The van der Waals surface area contributed by atoms with E-state index >= 15 is 0 Å². The van der Waals surface area contributed by atoms with Crippen LogP contribution in [0, 0.1) is 0 Å². The summed E-state index contributed by atoms with van der Waals surface area (Å²) < 4.78 is 13.3. The zero-order chi connectivity index (χ0) is 21.9. The van der Waals surface area contributed by atoms with Crippen LogP contribution in [0.2, 0.25) is 0 Å². The maximum Gasteiger partial charge on any atom is 0.198 e. The van der Waals surface area contributed by atoms with Gasteiger partial charge in [-0.1, -0.05) is 6.07 Å². The minimum absolute atomic E-state index is 0.122. The smallest absolute Gasteiger partial charge is 0.198 e. The molecule has 0 spiro atoms. The van der Waals surface area contributed by atoms with E-state index in [1.165, 1.54) is 4.88 Å². The first-order valence-corrected chi connectivity index (χ1v) is 12.0. The number of allylic oxidation sites excluding steroid dienone is 3. The predicted octanol–water partition coefficient (Wildman–Crippen LogP) is 2.87. The van der Waals surface area contributed by atoms with Crippen molar-refractivity contribution in [2.45, 2.75) is 32.5 Å². The summed E-state index contributed by atoms with van der Waals surface area (Å²) in [5, 5.41) is 4.17. The van der Waals surface area contributed by atoms with Crippen molar-refractivity contribution in [2.75, 3.05) is 40.0 Å². The number of hydrogen-bond donors (Lipinski definition) is 1. The third kappa shape index (κ3) is 4.46. The highest BCUT2D eigenvalue weighted by Crippen LogP contribution is 2.27. The number of aliphatic imine (C=N–C) groups is 1. The minimum Gasteiger partial charge on any atom is -0.497 e. The van der Waals surface area contributed by atoms with Gasteiger partial charge in [-0.05, 0) is 30.5 Å². The van der Waals surface area contributed by atoms with Gasteiger partial charge >= 0.3 is 0 Å². The number of morpholine rings is 1. The molecule has 1 saturated heterocycles. The van der Waals surface area contributed by atoms with Gasteiger partial charge in [0.25, 0.3) is 0 Å². The second-order valence-electron chi connectivity index (χ2n) is 8.18. The molecule has 1 atom stereocenters. The van der Waals surface area contributed by atoms with E-state index in [1.54, 1.807) is 18.4 Å². The molecule has 3 aliphatic rings. The molecular weight excluding hydrogens is 424 g/mol. The molecule has 3 aliphatic heterocycles. The zero-order valence-electron chi connectivity index (χ0n) is 18.7. The van der Waals surface area contributed by atoms with Crippen molar-refractivity contribution < 1.29 is 9.47 Å². The maximum atomic E-state index is 5.52. The van der Waals surface area contributed by atoms with Crippen molar-refractivity contribution in [2.24, 2.45) is 4.99 Å². The lowest BCUT2D eigenvalue weighted by Crippen LogP contribution is -2.41. The number of ether oxygens (including phenoxy) is 2. The highest BCUT2D eigenvalue weighted by atomic mass is 32.1. The number of aromatic nitrogens is 2. The molecule has 2 aromatic heterocycles. The van der Waals surface area contributed by atoms with Gasteiger partial charge in [-0.2, -0.15) is 0 Å². The van der Waals surface area contributed by atoms with Gasteiger partial charge < -0.3 is 14.0 Å². The topological polar surface area (TPSA) is 67.2 Å². The van der Waals surface area contributed by atoms with E-state index in [9.17, 15) is 0 Å². The third-order valence-corrected chi connectivity index (χ3v) is 7.00. The molecule has 1 N–H and O–H groups in total. The summed E-state index contributed by atoms with van der Waals surface area (Å²) in [6.45, 7) is 7.67. The lowest BCUT2D eigenvalue weighted by atomic mass is 10.2. The standard InChI is InChI=1S/C23H30N6O2S/c1-17-5-6-19(30-2)23-25-21(26-29(17)23)7-8-22-24-18(20-4-3-15-32-20)16-28(22)10-9-27-11-13-31-14-12-27/h3-6,15-16,23H,7-14H2,1-2H3,(H,25,26). The molecule has 0 amide bonds. The van der Waals surface area contributed by atoms with Crippen LogP contribution in [0.1, 0.15) is 19.2 Å². The average molecular weight is 455 g/mol. The Morgan fingerprint density at radius 2 is 2.09 bits per heavy atom. The van der Waals surface area contributed by atoms with Crippen molar-refractivity contribution in [3.05, 3.63) is 53.1 Å². The fourth-order valence-electron chi connectivity index (χ4n) is 4.26. The zero-order valence-corrected chi connectivity index (χ0v) is 19.5. The number of nitrogens with one attached hydrogen (secondary N) is 1. The van der Waals surface area contributed by atoms with Gasteiger partial charge in [-0.3, -0.25) is 15.3 Å². The summed E-state index contributed by atoms with van der Waals surface area (Å²) in [5.74, 6) is 2.92. The van der Waals surface area contributed by atoms with Crippen molar-refractivity contribution >= 4 is 17.2 Å². The van der Waals surface area contributed by atoms with Gasteiger partial charge in [0.05, 0.1) is 30.9 Å². The molecule has 0 saturated carbocycles. The minimum atomic E-state index is -0.122. The van der Waals surface area contributed by atoms with Crippen LogP contribution < -0.4 is 5.43 Å². The first-order valence-electron chi connectivity index (χ1n) is 11.2. The van der Waals surface area contributed by atoms with E-state index in [1.807, 2.05) is 12.2 Å². The van der Waals surface area contributed by atoms with Gasteiger partial charge in [0, 0.05) is 50.9 Å². The molecule has 0 bridgehead atoms. The van der Waals surface area contributed by atoms with Crippen molar-refractivity contribution in [3.8, 4) is 10.6 Å². The summed E-state index contributed by atoms with van der Waals surface area (Å²) in [5.41, 5.74) is 5.63. The Bertz CT molecular complexity index is 1020. The van der Waals surface area contributed by atoms with Gasteiger partial charge in [-0.15, -0.1) is 11.3 Å². The Balaban J connectivity index is 1.29. The van der Waals surface area contributed by atoms with Gasteiger partial charge in [0.15, 0.2) is 6.17 Å². The van der Waals surface area contributed by atoms with Crippen LogP contribution in [0.5, 0.6) is 0 Å². The maximum absolute atomic E-state index is 5.52. The molecule has 5 heterocycles. The fraction of sp³-hybridized carbons (Fsp3) is 0.478. The van der Waals surface area contributed by atoms with Gasteiger partial charge in [0.2, 0.25) is 0 Å². The number of methoxy groups -OCH3 is 1. The normalized spacial score (nSPS) is 21.0. The summed E-state index contributed by atoms with van der Waals surface area (Å²) in [4.78, 5) is 13.5. The van der Waals surface area contributed by atoms with Crippen molar-refractivity contribution in [3.63, 3.8) is 0 Å². The Labute approximate surface area is 192 Å². The molecule has 2 aromatic rings. The number of nitrogens with zero attached hydrogens (tertiary/aromatic N) is 5. The first-order chi connectivity index (χ1) is 15.7. The number of rotatable bonds is 8. The van der Waals surface area contributed by atoms with Gasteiger partial charge in [0.1, 0.15) is 17.4 Å². The van der Waals surface area contributed by atoms with Crippen LogP contribution in [0.25, 0.3) is 10.6 Å². The molecule has 32 heavy (non-hydrogen) atoms. The molecule has 0 aliphatic carbocycles. The summed E-state index contributed by atoms with van der Waals surface area (Å²) in [6, 6.07) is 4.22. The number of imidazole rings is 1. The average Bonchev–Trinajstić information content (AvgIpc) is 3.57. The molecule has 0 radical (unpaired) electrons. The van der Waals surface area contributed by atoms with E-state index in [-0.39, 0.29) is 6.17 Å². The second kappa shape index (κ2) is 9.48. The molecule has 0 aromatic carbocycles. The van der Waals surface area contributed by atoms with Crippen LogP contribution in [0.15, 0.2) is 52.3 Å². The van der Waals surface area contributed by atoms with E-state index in [0.717, 1.165) is 81.0 Å².